The van der Waals surface area contributed by atoms with E-state index in [1.165, 1.54) is 4.31 Å². The summed E-state index contributed by atoms with van der Waals surface area (Å²) in [6.45, 7) is 3.85. The van der Waals surface area contributed by atoms with Gasteiger partial charge in [0.2, 0.25) is 5.91 Å². The minimum atomic E-state index is -3.49. The lowest BCUT2D eigenvalue weighted by Crippen LogP contribution is -2.49. The minimum Gasteiger partial charge on any atom is -0.353 e. The number of piperidine rings is 1. The van der Waals surface area contributed by atoms with E-state index in [2.05, 4.69) is 9.88 Å². The van der Waals surface area contributed by atoms with E-state index in [0.29, 0.717) is 49.8 Å². The predicted octanol–water partition coefficient (Wildman–Crippen LogP) is 2.94. The highest BCUT2D eigenvalue weighted by Gasteiger charge is 2.32. The average molecular weight is 469 g/mol. The largest absolute Gasteiger partial charge is 0.353 e. The Morgan fingerprint density at radius 2 is 1.80 bits per heavy atom. The zero-order valence-electron chi connectivity index (χ0n) is 16.6. The molecule has 0 N–H and O–H groups in total. The molecule has 0 radical (unpaired) electrons. The summed E-state index contributed by atoms with van der Waals surface area (Å²) in [6.07, 6.45) is 3.69. The molecule has 0 atom stereocenters. The molecule has 4 rings (SSSR count). The third kappa shape index (κ3) is 4.80. The number of pyridine rings is 1. The van der Waals surface area contributed by atoms with Gasteiger partial charge in [0.1, 0.15) is 10.0 Å². The zero-order chi connectivity index (χ0) is 21.1. The number of nitrogens with zero attached hydrogens (tertiary/aromatic N) is 4. The van der Waals surface area contributed by atoms with Crippen molar-refractivity contribution in [2.75, 3.05) is 44.2 Å². The Morgan fingerprint density at radius 1 is 1.07 bits per heavy atom. The van der Waals surface area contributed by atoms with Crippen LogP contribution in [0.25, 0.3) is 0 Å². The second kappa shape index (κ2) is 9.21. The number of anilines is 1. The van der Waals surface area contributed by atoms with Crippen LogP contribution in [0.3, 0.4) is 0 Å². The number of carbonyl (C=O) groups excluding carboxylic acids is 1. The number of aromatic nitrogens is 1. The van der Waals surface area contributed by atoms with Crippen molar-refractivity contribution in [1.82, 2.24) is 14.2 Å². The number of hydrogen-bond acceptors (Lipinski definition) is 6. The molecule has 0 spiro atoms. The maximum Gasteiger partial charge on any atom is 0.252 e. The van der Waals surface area contributed by atoms with Crippen LogP contribution in [0.2, 0.25) is 4.34 Å². The van der Waals surface area contributed by atoms with Gasteiger partial charge in [0.25, 0.3) is 10.0 Å². The standard InChI is InChI=1S/C20H25ClN4O3S2/c21-17-4-5-20(29-17)30(27,28)25-9-6-16(7-10-25)15-19(26)24-13-11-23(12-14-24)18-3-1-2-8-22-18/h1-5,8,16H,6-7,9-15H2. The molecule has 2 fully saturated rings. The molecular weight excluding hydrogens is 444 g/mol. The summed E-state index contributed by atoms with van der Waals surface area (Å²) in [7, 11) is -3.49. The first kappa shape index (κ1) is 21.5. The normalized spacial score (nSPS) is 19.2. The van der Waals surface area contributed by atoms with Crippen LogP contribution < -0.4 is 4.90 Å². The van der Waals surface area contributed by atoms with Crippen LogP contribution >= 0.6 is 22.9 Å². The summed E-state index contributed by atoms with van der Waals surface area (Å²) >= 11 is 6.97. The van der Waals surface area contributed by atoms with Crippen molar-refractivity contribution < 1.29 is 13.2 Å². The summed E-state index contributed by atoms with van der Waals surface area (Å²) in [5.74, 6) is 1.34. The zero-order valence-corrected chi connectivity index (χ0v) is 19.0. The monoisotopic (exact) mass is 468 g/mol. The molecule has 162 valence electrons. The Kier molecular flexibility index (Phi) is 6.62. The maximum absolute atomic E-state index is 12.8. The lowest BCUT2D eigenvalue weighted by atomic mass is 9.94. The van der Waals surface area contributed by atoms with Gasteiger partial charge in [-0.25, -0.2) is 13.4 Å². The van der Waals surface area contributed by atoms with Gasteiger partial charge >= 0.3 is 0 Å². The summed E-state index contributed by atoms with van der Waals surface area (Å²) in [6, 6.07) is 9.03. The van der Waals surface area contributed by atoms with E-state index in [0.717, 1.165) is 30.2 Å². The van der Waals surface area contributed by atoms with Gasteiger partial charge < -0.3 is 9.80 Å². The van der Waals surface area contributed by atoms with Crippen molar-refractivity contribution in [3.05, 3.63) is 40.9 Å². The fourth-order valence-corrected chi connectivity index (χ4v) is 7.13. The Bertz CT molecular complexity index is 967. The number of amides is 1. The van der Waals surface area contributed by atoms with Crippen molar-refractivity contribution in [2.45, 2.75) is 23.5 Å². The molecule has 0 aromatic carbocycles. The van der Waals surface area contributed by atoms with Crippen molar-refractivity contribution in [3.8, 4) is 0 Å². The molecule has 7 nitrogen and oxygen atoms in total. The molecule has 2 aliphatic heterocycles. The Hall–Kier alpha value is -1.68. The summed E-state index contributed by atoms with van der Waals surface area (Å²) < 4.78 is 27.7. The fraction of sp³-hybridized carbons (Fsp3) is 0.500. The SMILES string of the molecule is O=C(CC1CCN(S(=O)(=O)c2ccc(Cl)s2)CC1)N1CCN(c2ccccn2)CC1. The van der Waals surface area contributed by atoms with Gasteiger partial charge in [-0.05, 0) is 43.0 Å². The van der Waals surface area contributed by atoms with Gasteiger partial charge in [-0.15, -0.1) is 11.3 Å². The molecule has 2 saturated heterocycles. The third-order valence-corrected chi connectivity index (χ3v) is 9.38. The van der Waals surface area contributed by atoms with Crippen LogP contribution in [0.1, 0.15) is 19.3 Å². The van der Waals surface area contributed by atoms with E-state index >= 15 is 0 Å². The molecule has 0 saturated carbocycles. The number of piperazine rings is 1. The number of rotatable bonds is 5. The van der Waals surface area contributed by atoms with Gasteiger partial charge in [-0.1, -0.05) is 17.7 Å². The molecule has 2 aromatic heterocycles. The first-order valence-electron chi connectivity index (χ1n) is 10.1. The second-order valence-electron chi connectivity index (χ2n) is 7.67. The molecule has 1 amide bonds. The lowest BCUT2D eigenvalue weighted by Gasteiger charge is -2.37. The van der Waals surface area contributed by atoms with Crippen LogP contribution in [-0.2, 0) is 14.8 Å². The molecule has 2 aromatic rings. The number of hydrogen-bond donors (Lipinski definition) is 0. The predicted molar refractivity (Wildman–Crippen MR) is 118 cm³/mol. The van der Waals surface area contributed by atoms with Gasteiger partial charge in [0, 0.05) is 51.9 Å². The van der Waals surface area contributed by atoms with E-state index in [4.69, 9.17) is 11.6 Å². The quantitative estimate of drug-likeness (QED) is 0.674. The van der Waals surface area contributed by atoms with E-state index in [-0.39, 0.29) is 16.0 Å². The Balaban J connectivity index is 1.25. The van der Waals surface area contributed by atoms with Gasteiger partial charge in [-0.2, -0.15) is 4.31 Å². The lowest BCUT2D eigenvalue weighted by molar-refractivity contribution is -0.132. The smallest absolute Gasteiger partial charge is 0.252 e. The minimum absolute atomic E-state index is 0.169. The maximum atomic E-state index is 12.8. The van der Waals surface area contributed by atoms with E-state index in [1.54, 1.807) is 18.3 Å². The highest BCUT2D eigenvalue weighted by molar-refractivity contribution is 7.91. The molecule has 4 heterocycles. The Labute approximate surface area is 186 Å². The topological polar surface area (TPSA) is 73.8 Å². The number of halogens is 1. The summed E-state index contributed by atoms with van der Waals surface area (Å²) in [5.41, 5.74) is 0. The first-order valence-corrected chi connectivity index (χ1v) is 12.8. The van der Waals surface area contributed by atoms with Gasteiger partial charge in [-0.3, -0.25) is 4.79 Å². The number of thiophene rings is 1. The molecule has 30 heavy (non-hydrogen) atoms. The fourth-order valence-electron chi connectivity index (χ4n) is 4.02. The summed E-state index contributed by atoms with van der Waals surface area (Å²) in [5, 5.41) is 0. The van der Waals surface area contributed by atoms with E-state index < -0.39 is 10.0 Å². The van der Waals surface area contributed by atoms with Crippen LogP contribution in [0, 0.1) is 5.92 Å². The van der Waals surface area contributed by atoms with Gasteiger partial charge in [0.15, 0.2) is 0 Å². The van der Waals surface area contributed by atoms with Crippen molar-refractivity contribution in [1.29, 1.82) is 0 Å². The van der Waals surface area contributed by atoms with Crippen molar-refractivity contribution in [2.24, 2.45) is 5.92 Å². The number of carbonyl (C=O) groups is 1. The highest BCUT2D eigenvalue weighted by Crippen LogP contribution is 2.31. The van der Waals surface area contributed by atoms with Crippen LogP contribution in [0.4, 0.5) is 5.82 Å². The van der Waals surface area contributed by atoms with Gasteiger partial charge in [0.05, 0.1) is 4.34 Å². The van der Waals surface area contributed by atoms with Crippen molar-refractivity contribution in [3.63, 3.8) is 0 Å². The van der Waals surface area contributed by atoms with Crippen LogP contribution in [0.5, 0.6) is 0 Å². The number of sulfonamides is 1. The first-order chi connectivity index (χ1) is 14.4. The molecule has 0 bridgehead atoms. The molecule has 0 unspecified atom stereocenters. The van der Waals surface area contributed by atoms with E-state index in [1.807, 2.05) is 23.1 Å². The molecular formula is C20H25ClN4O3S2. The molecule has 10 heteroatoms. The Morgan fingerprint density at radius 3 is 2.40 bits per heavy atom. The van der Waals surface area contributed by atoms with Crippen LogP contribution in [0.15, 0.2) is 40.7 Å². The van der Waals surface area contributed by atoms with Crippen molar-refractivity contribution >= 4 is 44.7 Å². The average Bonchev–Trinajstić information content (AvgIpc) is 3.22. The summed E-state index contributed by atoms with van der Waals surface area (Å²) in [4.78, 5) is 21.3. The third-order valence-electron chi connectivity index (χ3n) is 5.79. The van der Waals surface area contributed by atoms with Crippen LogP contribution in [-0.4, -0.2) is 67.8 Å². The highest BCUT2D eigenvalue weighted by atomic mass is 35.5. The van der Waals surface area contributed by atoms with E-state index in [9.17, 15) is 13.2 Å². The second-order valence-corrected chi connectivity index (χ2v) is 11.5. The molecule has 0 aliphatic carbocycles. The molecule has 2 aliphatic rings.